The summed E-state index contributed by atoms with van der Waals surface area (Å²) in [6.45, 7) is 11.5. The van der Waals surface area contributed by atoms with Gasteiger partial charge in [-0.3, -0.25) is 4.79 Å². The van der Waals surface area contributed by atoms with E-state index in [-0.39, 0.29) is 0 Å². The fourth-order valence-corrected chi connectivity index (χ4v) is 3.38. The van der Waals surface area contributed by atoms with Crippen LogP contribution >= 0.6 is 0 Å². The molecule has 1 rings (SSSR count). The molecule has 1 saturated carbocycles. The summed E-state index contributed by atoms with van der Waals surface area (Å²) in [5, 5.41) is 0. The van der Waals surface area contributed by atoms with Crippen LogP contribution in [0.4, 0.5) is 0 Å². The number of carbonyl (C=O) groups is 1. The van der Waals surface area contributed by atoms with Crippen molar-refractivity contribution in [2.24, 2.45) is 11.7 Å². The molecule has 4 nitrogen and oxygen atoms in total. The van der Waals surface area contributed by atoms with Gasteiger partial charge >= 0.3 is 0 Å². The highest BCUT2D eigenvalue weighted by Gasteiger charge is 2.23. The first kappa shape index (κ1) is 18.4. The van der Waals surface area contributed by atoms with Gasteiger partial charge in [-0.15, -0.1) is 0 Å². The Morgan fingerprint density at radius 3 is 2.38 bits per heavy atom. The van der Waals surface area contributed by atoms with Crippen LogP contribution in [-0.4, -0.2) is 54.5 Å². The van der Waals surface area contributed by atoms with E-state index in [0.29, 0.717) is 24.3 Å². The second-order valence-corrected chi connectivity index (χ2v) is 6.35. The van der Waals surface area contributed by atoms with Crippen molar-refractivity contribution in [3.05, 3.63) is 0 Å². The van der Waals surface area contributed by atoms with Crippen LogP contribution in [0.5, 0.6) is 0 Å². The van der Waals surface area contributed by atoms with E-state index in [4.69, 9.17) is 5.73 Å². The van der Waals surface area contributed by atoms with E-state index in [0.717, 1.165) is 52.0 Å². The molecular formula is C17H35N3O. The van der Waals surface area contributed by atoms with Crippen molar-refractivity contribution >= 4 is 5.91 Å². The second kappa shape index (κ2) is 10.2. The smallest absolute Gasteiger partial charge is 0.222 e. The summed E-state index contributed by atoms with van der Waals surface area (Å²) in [5.41, 5.74) is 6.02. The molecule has 0 aromatic carbocycles. The summed E-state index contributed by atoms with van der Waals surface area (Å²) in [6.07, 6.45) is 6.30. The lowest BCUT2D eigenvalue weighted by atomic mass is 9.84. The Labute approximate surface area is 131 Å². The van der Waals surface area contributed by atoms with Gasteiger partial charge < -0.3 is 15.5 Å². The monoisotopic (exact) mass is 297 g/mol. The van der Waals surface area contributed by atoms with Gasteiger partial charge in [0.05, 0.1) is 0 Å². The highest BCUT2D eigenvalue weighted by molar-refractivity contribution is 5.76. The number of hydrogen-bond acceptors (Lipinski definition) is 3. The summed E-state index contributed by atoms with van der Waals surface area (Å²) in [7, 11) is 0. The lowest BCUT2D eigenvalue weighted by Crippen LogP contribution is -2.37. The maximum atomic E-state index is 12.4. The van der Waals surface area contributed by atoms with E-state index in [2.05, 4.69) is 25.7 Å². The Morgan fingerprint density at radius 2 is 1.81 bits per heavy atom. The van der Waals surface area contributed by atoms with Crippen LogP contribution in [0.15, 0.2) is 0 Å². The van der Waals surface area contributed by atoms with E-state index >= 15 is 0 Å². The molecule has 0 saturated heterocycles. The largest absolute Gasteiger partial charge is 0.343 e. The highest BCUT2D eigenvalue weighted by atomic mass is 16.2. The Morgan fingerprint density at radius 1 is 1.10 bits per heavy atom. The van der Waals surface area contributed by atoms with Crippen LogP contribution < -0.4 is 5.73 Å². The molecule has 1 aliphatic rings. The van der Waals surface area contributed by atoms with Crippen LogP contribution in [0.1, 0.15) is 59.3 Å². The third-order valence-electron chi connectivity index (χ3n) is 4.82. The minimum atomic E-state index is 0.314. The van der Waals surface area contributed by atoms with Crippen molar-refractivity contribution in [1.29, 1.82) is 0 Å². The molecule has 4 heteroatoms. The van der Waals surface area contributed by atoms with Crippen molar-refractivity contribution in [3.8, 4) is 0 Å². The number of nitrogens with two attached hydrogens (primary N) is 1. The van der Waals surface area contributed by atoms with Crippen LogP contribution in [0, 0.1) is 5.92 Å². The van der Waals surface area contributed by atoms with E-state index in [1.807, 2.05) is 4.90 Å². The second-order valence-electron chi connectivity index (χ2n) is 6.35. The van der Waals surface area contributed by atoms with Gasteiger partial charge in [0.2, 0.25) is 5.91 Å². The predicted molar refractivity (Wildman–Crippen MR) is 89.2 cm³/mol. The summed E-state index contributed by atoms with van der Waals surface area (Å²) in [6, 6.07) is 0.314. The quantitative estimate of drug-likeness (QED) is 0.711. The zero-order valence-electron chi connectivity index (χ0n) is 14.3. The van der Waals surface area contributed by atoms with Crippen molar-refractivity contribution in [1.82, 2.24) is 9.80 Å². The van der Waals surface area contributed by atoms with E-state index in [1.54, 1.807) is 0 Å². The summed E-state index contributed by atoms with van der Waals surface area (Å²) in [5.74, 6) is 0.842. The molecule has 2 unspecified atom stereocenters. The van der Waals surface area contributed by atoms with Gasteiger partial charge in [0.1, 0.15) is 0 Å². The Bertz CT molecular complexity index is 292. The molecule has 0 aromatic heterocycles. The lowest BCUT2D eigenvalue weighted by molar-refractivity contribution is -0.132. The topological polar surface area (TPSA) is 49.6 Å². The standard InChI is InChI=1S/C17H35N3O/c1-4-19(5-2)11-8-12-20(6-3)17(21)14-15-9-7-10-16(18)13-15/h15-16H,4-14,18H2,1-3H3. The average molecular weight is 297 g/mol. The zero-order valence-corrected chi connectivity index (χ0v) is 14.3. The Kier molecular flexibility index (Phi) is 8.93. The molecular weight excluding hydrogens is 262 g/mol. The lowest BCUT2D eigenvalue weighted by Gasteiger charge is -2.29. The minimum Gasteiger partial charge on any atom is -0.343 e. The van der Waals surface area contributed by atoms with Gasteiger partial charge in [-0.1, -0.05) is 20.3 Å². The maximum Gasteiger partial charge on any atom is 0.222 e. The summed E-state index contributed by atoms with van der Waals surface area (Å²) >= 11 is 0. The first-order chi connectivity index (χ1) is 10.1. The third kappa shape index (κ3) is 6.79. The fraction of sp³-hybridized carbons (Fsp3) is 0.941. The van der Waals surface area contributed by atoms with Crippen LogP contribution in [0.2, 0.25) is 0 Å². The summed E-state index contributed by atoms with van der Waals surface area (Å²) < 4.78 is 0. The van der Waals surface area contributed by atoms with Gasteiger partial charge in [0.25, 0.3) is 0 Å². The Hall–Kier alpha value is -0.610. The van der Waals surface area contributed by atoms with E-state index in [1.165, 1.54) is 12.8 Å². The molecule has 21 heavy (non-hydrogen) atoms. The molecule has 0 spiro atoms. The number of amides is 1. The summed E-state index contributed by atoms with van der Waals surface area (Å²) in [4.78, 5) is 16.9. The fourth-order valence-electron chi connectivity index (χ4n) is 3.38. The molecule has 1 fully saturated rings. The first-order valence-corrected chi connectivity index (χ1v) is 8.86. The minimum absolute atomic E-state index is 0.314. The molecule has 1 amide bonds. The van der Waals surface area contributed by atoms with Crippen molar-refractivity contribution < 1.29 is 4.79 Å². The third-order valence-corrected chi connectivity index (χ3v) is 4.82. The molecule has 0 bridgehead atoms. The van der Waals surface area contributed by atoms with Gasteiger partial charge in [-0.2, -0.15) is 0 Å². The normalized spacial score (nSPS) is 22.5. The van der Waals surface area contributed by atoms with Crippen LogP contribution in [0.25, 0.3) is 0 Å². The molecule has 2 atom stereocenters. The van der Waals surface area contributed by atoms with Crippen molar-refractivity contribution in [3.63, 3.8) is 0 Å². The zero-order chi connectivity index (χ0) is 15.7. The molecule has 0 heterocycles. The molecule has 0 aromatic rings. The van der Waals surface area contributed by atoms with Crippen LogP contribution in [0.3, 0.4) is 0 Å². The number of nitrogens with zero attached hydrogens (tertiary/aromatic N) is 2. The molecule has 124 valence electrons. The molecule has 0 radical (unpaired) electrons. The molecule has 1 aliphatic carbocycles. The number of carbonyl (C=O) groups excluding carboxylic acids is 1. The Balaban J connectivity index is 2.31. The van der Waals surface area contributed by atoms with E-state index in [9.17, 15) is 4.79 Å². The van der Waals surface area contributed by atoms with Gasteiger partial charge in [-0.05, 0) is 58.2 Å². The van der Waals surface area contributed by atoms with Gasteiger partial charge in [0.15, 0.2) is 0 Å². The highest BCUT2D eigenvalue weighted by Crippen LogP contribution is 2.26. The SMILES string of the molecule is CCN(CC)CCCN(CC)C(=O)CC1CCCC(N)C1. The predicted octanol–water partition coefficient (Wildman–Crippen LogP) is 2.47. The van der Waals surface area contributed by atoms with Gasteiger partial charge in [0, 0.05) is 25.6 Å². The molecule has 0 aliphatic heterocycles. The van der Waals surface area contributed by atoms with Crippen molar-refractivity contribution in [2.45, 2.75) is 65.3 Å². The first-order valence-electron chi connectivity index (χ1n) is 8.86. The number of hydrogen-bond donors (Lipinski definition) is 1. The van der Waals surface area contributed by atoms with Crippen LogP contribution in [-0.2, 0) is 4.79 Å². The maximum absolute atomic E-state index is 12.4. The van der Waals surface area contributed by atoms with E-state index < -0.39 is 0 Å². The number of rotatable bonds is 9. The van der Waals surface area contributed by atoms with Gasteiger partial charge in [-0.25, -0.2) is 0 Å². The van der Waals surface area contributed by atoms with Crippen molar-refractivity contribution in [2.75, 3.05) is 32.7 Å². The molecule has 2 N–H and O–H groups in total. The average Bonchev–Trinajstić information content (AvgIpc) is 2.47.